The molecule has 0 aliphatic heterocycles. The van der Waals surface area contributed by atoms with Gasteiger partial charge in [0.15, 0.2) is 5.78 Å². The molecule has 144 valence electrons. The molecule has 2 N–H and O–H groups in total. The van der Waals surface area contributed by atoms with Crippen molar-refractivity contribution in [3.05, 3.63) is 11.6 Å². The van der Waals surface area contributed by atoms with Gasteiger partial charge in [-0.25, -0.2) is 0 Å². The zero-order chi connectivity index (χ0) is 18.7. The number of carbonyl (C=O) groups excluding carboxylic acids is 1. The predicted octanol–water partition coefficient (Wildman–Crippen LogP) is 3.97. The minimum Gasteiger partial charge on any atom is -0.481 e. The summed E-state index contributed by atoms with van der Waals surface area (Å²) in [6, 6.07) is 0. The number of ketones is 1. The number of carbonyl (C=O) groups is 2. The molecule has 0 radical (unpaired) electrons. The highest BCUT2D eigenvalue weighted by Gasteiger charge is 2.63. The van der Waals surface area contributed by atoms with Crippen molar-refractivity contribution in [1.82, 2.24) is 0 Å². The molecule has 0 unspecified atom stereocenters. The Kier molecular flexibility index (Phi) is 4.33. The van der Waals surface area contributed by atoms with Crippen LogP contribution in [0.25, 0.3) is 0 Å². The number of aliphatic carboxylic acids is 1. The SMILES string of the molecule is C[C@H]1C[C@@]2(C)[C@@H](CC[C@]2(O)CCC(=O)O)[C@@H]2CCC3=CC(=O)CC[C@@H]3[C@H]21. The second-order valence-corrected chi connectivity index (χ2v) is 9.78. The zero-order valence-electron chi connectivity index (χ0n) is 16.0. The summed E-state index contributed by atoms with van der Waals surface area (Å²) in [4.78, 5) is 22.9. The van der Waals surface area contributed by atoms with Crippen LogP contribution in [0.15, 0.2) is 11.6 Å². The maximum absolute atomic E-state index is 11.8. The quantitative estimate of drug-likeness (QED) is 0.798. The first kappa shape index (κ1) is 18.2. The Hall–Kier alpha value is -1.16. The first-order valence-corrected chi connectivity index (χ1v) is 10.4. The highest BCUT2D eigenvalue weighted by Crippen LogP contribution is 2.67. The molecule has 4 heteroatoms. The molecular weight excluding hydrogens is 328 g/mol. The molecule has 26 heavy (non-hydrogen) atoms. The van der Waals surface area contributed by atoms with Gasteiger partial charge in [-0.2, -0.15) is 0 Å². The lowest BCUT2D eigenvalue weighted by Gasteiger charge is -2.58. The van der Waals surface area contributed by atoms with E-state index in [1.807, 2.05) is 6.08 Å². The van der Waals surface area contributed by atoms with Gasteiger partial charge >= 0.3 is 5.97 Å². The predicted molar refractivity (Wildman–Crippen MR) is 98.5 cm³/mol. The fourth-order valence-electron chi connectivity index (χ4n) is 7.58. The largest absolute Gasteiger partial charge is 0.481 e. The van der Waals surface area contributed by atoms with Crippen molar-refractivity contribution < 1.29 is 19.8 Å². The van der Waals surface area contributed by atoms with Gasteiger partial charge in [0.1, 0.15) is 0 Å². The highest BCUT2D eigenvalue weighted by atomic mass is 16.4. The van der Waals surface area contributed by atoms with Gasteiger partial charge in [-0.15, -0.1) is 0 Å². The van der Waals surface area contributed by atoms with E-state index in [4.69, 9.17) is 5.11 Å². The van der Waals surface area contributed by atoms with Crippen LogP contribution in [-0.4, -0.2) is 27.6 Å². The average Bonchev–Trinajstić information content (AvgIpc) is 2.84. The molecule has 0 amide bonds. The van der Waals surface area contributed by atoms with Gasteiger partial charge in [0.05, 0.1) is 5.60 Å². The Bertz CT molecular complexity index is 653. The van der Waals surface area contributed by atoms with Gasteiger partial charge in [0.25, 0.3) is 0 Å². The summed E-state index contributed by atoms with van der Waals surface area (Å²) in [6.07, 6.45) is 8.95. The Morgan fingerprint density at radius 1 is 1.27 bits per heavy atom. The van der Waals surface area contributed by atoms with Crippen LogP contribution < -0.4 is 0 Å². The molecule has 0 aromatic heterocycles. The molecule has 0 spiro atoms. The topological polar surface area (TPSA) is 74.6 Å². The third kappa shape index (κ3) is 2.59. The first-order chi connectivity index (χ1) is 12.2. The van der Waals surface area contributed by atoms with Crippen LogP contribution in [0.4, 0.5) is 0 Å². The van der Waals surface area contributed by atoms with Crippen LogP contribution in [-0.2, 0) is 9.59 Å². The molecule has 4 aliphatic carbocycles. The molecular formula is C22H32O4. The van der Waals surface area contributed by atoms with Gasteiger partial charge in [0, 0.05) is 12.8 Å². The number of aliphatic hydroxyl groups is 1. The van der Waals surface area contributed by atoms with E-state index >= 15 is 0 Å². The summed E-state index contributed by atoms with van der Waals surface area (Å²) in [5, 5.41) is 20.6. The zero-order valence-corrected chi connectivity index (χ0v) is 16.0. The van der Waals surface area contributed by atoms with Gasteiger partial charge < -0.3 is 10.2 Å². The number of hydrogen-bond acceptors (Lipinski definition) is 3. The van der Waals surface area contributed by atoms with Crippen LogP contribution in [0, 0.1) is 35.0 Å². The Morgan fingerprint density at radius 2 is 2.04 bits per heavy atom. The summed E-state index contributed by atoms with van der Waals surface area (Å²) in [7, 11) is 0. The Labute approximate surface area is 156 Å². The second kappa shape index (κ2) is 6.19. The van der Waals surface area contributed by atoms with E-state index in [0.717, 1.165) is 38.5 Å². The maximum Gasteiger partial charge on any atom is 0.303 e. The van der Waals surface area contributed by atoms with E-state index in [0.29, 0.717) is 48.2 Å². The Morgan fingerprint density at radius 3 is 2.77 bits per heavy atom. The van der Waals surface area contributed by atoms with E-state index in [9.17, 15) is 14.7 Å². The van der Waals surface area contributed by atoms with Crippen LogP contribution in [0.3, 0.4) is 0 Å². The third-order valence-electron chi connectivity index (χ3n) is 8.67. The smallest absolute Gasteiger partial charge is 0.303 e. The number of hydrogen-bond donors (Lipinski definition) is 2. The van der Waals surface area contributed by atoms with Crippen LogP contribution >= 0.6 is 0 Å². The van der Waals surface area contributed by atoms with Crippen molar-refractivity contribution in [3.63, 3.8) is 0 Å². The van der Waals surface area contributed by atoms with Crippen molar-refractivity contribution in [2.45, 2.75) is 77.2 Å². The molecule has 3 saturated carbocycles. The molecule has 7 atom stereocenters. The van der Waals surface area contributed by atoms with Crippen molar-refractivity contribution in [2.24, 2.45) is 35.0 Å². The minimum atomic E-state index is -0.839. The van der Waals surface area contributed by atoms with Gasteiger partial charge in [-0.05, 0) is 86.0 Å². The number of carboxylic acid groups (broad SMARTS) is 1. The van der Waals surface area contributed by atoms with E-state index in [2.05, 4.69) is 13.8 Å². The molecule has 4 rings (SSSR count). The molecule has 0 aromatic rings. The van der Waals surface area contributed by atoms with Gasteiger partial charge in [0.2, 0.25) is 0 Å². The molecule has 4 aliphatic rings. The summed E-state index contributed by atoms with van der Waals surface area (Å²) in [6.45, 7) is 4.56. The average molecular weight is 360 g/mol. The van der Waals surface area contributed by atoms with Crippen LogP contribution in [0.2, 0.25) is 0 Å². The standard InChI is InChI=1S/C22H32O4/c1-13-12-21(2)18(7-9-22(21,26)10-8-19(24)25)17-5-3-14-11-15(23)4-6-16(14)20(13)17/h11,13,16-18,20,26H,3-10,12H2,1-2H3,(H,24,25)/t13-,16-,17-,18-,20+,21-,22-/m0/s1. The molecule has 0 heterocycles. The fraction of sp³-hybridized carbons (Fsp3) is 0.818. The van der Waals surface area contributed by atoms with Gasteiger partial charge in [-0.3, -0.25) is 9.59 Å². The Balaban J connectivity index is 1.62. The third-order valence-corrected chi connectivity index (χ3v) is 8.67. The van der Waals surface area contributed by atoms with Crippen molar-refractivity contribution in [1.29, 1.82) is 0 Å². The first-order valence-electron chi connectivity index (χ1n) is 10.4. The molecule has 4 nitrogen and oxygen atoms in total. The van der Waals surface area contributed by atoms with E-state index in [1.165, 1.54) is 5.57 Å². The summed E-state index contributed by atoms with van der Waals surface area (Å²) >= 11 is 0. The molecule has 3 fully saturated rings. The highest BCUT2D eigenvalue weighted by molar-refractivity contribution is 5.91. The lowest BCUT2D eigenvalue weighted by Crippen LogP contribution is -2.55. The molecule has 0 saturated heterocycles. The number of rotatable bonds is 3. The van der Waals surface area contributed by atoms with Crippen molar-refractivity contribution in [3.8, 4) is 0 Å². The van der Waals surface area contributed by atoms with E-state index in [-0.39, 0.29) is 11.8 Å². The monoisotopic (exact) mass is 360 g/mol. The van der Waals surface area contributed by atoms with E-state index in [1.54, 1.807) is 0 Å². The lowest BCUT2D eigenvalue weighted by atomic mass is 9.47. The summed E-state index contributed by atoms with van der Waals surface area (Å²) < 4.78 is 0. The lowest BCUT2D eigenvalue weighted by molar-refractivity contribution is -0.150. The number of allylic oxidation sites excluding steroid dienone is 1. The van der Waals surface area contributed by atoms with Crippen LogP contribution in [0.5, 0.6) is 0 Å². The van der Waals surface area contributed by atoms with Crippen LogP contribution in [0.1, 0.15) is 71.6 Å². The van der Waals surface area contributed by atoms with Crippen molar-refractivity contribution >= 4 is 11.8 Å². The number of carboxylic acids is 1. The van der Waals surface area contributed by atoms with Gasteiger partial charge in [-0.1, -0.05) is 19.4 Å². The summed E-state index contributed by atoms with van der Waals surface area (Å²) in [5.41, 5.74) is 0.375. The number of fused-ring (bicyclic) bond motifs is 5. The minimum absolute atomic E-state index is 0.0545. The maximum atomic E-state index is 11.8. The van der Waals surface area contributed by atoms with Crippen molar-refractivity contribution in [2.75, 3.05) is 0 Å². The summed E-state index contributed by atoms with van der Waals surface area (Å²) in [5.74, 6) is 2.28. The molecule has 0 aromatic carbocycles. The molecule has 0 bridgehead atoms. The van der Waals surface area contributed by atoms with E-state index < -0.39 is 11.6 Å². The normalized spacial score (nSPS) is 47.6. The fourth-order valence-corrected chi connectivity index (χ4v) is 7.58. The second-order valence-electron chi connectivity index (χ2n) is 9.78.